The third-order valence-electron chi connectivity index (χ3n) is 3.20. The first-order valence-corrected chi connectivity index (χ1v) is 6.94. The van der Waals surface area contributed by atoms with Gasteiger partial charge in [-0.25, -0.2) is 4.79 Å². The summed E-state index contributed by atoms with van der Waals surface area (Å²) in [5.74, 6) is -1.01. The van der Waals surface area contributed by atoms with E-state index in [0.29, 0.717) is 5.75 Å². The zero-order chi connectivity index (χ0) is 16.8. The van der Waals surface area contributed by atoms with Crippen LogP contribution in [0.3, 0.4) is 0 Å². The van der Waals surface area contributed by atoms with Crippen LogP contribution >= 0.6 is 0 Å². The Morgan fingerprint density at radius 1 is 1.43 bits per heavy atom. The molecule has 2 aromatic rings. The molecule has 7 nitrogen and oxygen atoms in total. The Bertz CT molecular complexity index is 722. The van der Waals surface area contributed by atoms with E-state index < -0.39 is 17.9 Å². The Kier molecular flexibility index (Phi) is 5.37. The summed E-state index contributed by atoms with van der Waals surface area (Å²) >= 11 is 0. The summed E-state index contributed by atoms with van der Waals surface area (Å²) < 4.78 is 10.2. The highest BCUT2D eigenvalue weighted by Crippen LogP contribution is 2.21. The first kappa shape index (κ1) is 16.6. The monoisotopic (exact) mass is 318 g/mol. The molecule has 1 heterocycles. The number of nitrogens with one attached hydrogen (secondary N) is 2. The molecule has 122 valence electrons. The van der Waals surface area contributed by atoms with Crippen LogP contribution in [0.1, 0.15) is 10.5 Å². The van der Waals surface area contributed by atoms with E-state index in [1.807, 2.05) is 0 Å². The molecule has 0 aliphatic carbocycles. The summed E-state index contributed by atoms with van der Waals surface area (Å²) in [4.78, 5) is 26.3. The molecule has 0 aliphatic rings. The predicted molar refractivity (Wildman–Crippen MR) is 84.8 cm³/mol. The molecule has 1 aromatic carbocycles. The largest absolute Gasteiger partial charge is 0.497 e. The van der Waals surface area contributed by atoms with Gasteiger partial charge in [-0.15, -0.1) is 6.58 Å². The number of hydrogen-bond donors (Lipinski definition) is 3. The molecule has 7 heteroatoms. The molecule has 3 N–H and O–H groups in total. The summed E-state index contributed by atoms with van der Waals surface area (Å²) in [6, 6.07) is 5.83. The fourth-order valence-electron chi connectivity index (χ4n) is 2.04. The minimum absolute atomic E-state index is 0.138. The maximum atomic E-state index is 12.2. The normalized spacial score (nSPS) is 11.9. The minimum atomic E-state index is -1.17. The van der Waals surface area contributed by atoms with Gasteiger partial charge < -0.3 is 24.9 Å². The second-order valence-electron chi connectivity index (χ2n) is 4.83. The van der Waals surface area contributed by atoms with Crippen molar-refractivity contribution in [3.05, 3.63) is 42.6 Å². The van der Waals surface area contributed by atoms with E-state index in [-0.39, 0.29) is 18.9 Å². The van der Waals surface area contributed by atoms with Gasteiger partial charge in [-0.2, -0.15) is 0 Å². The highest BCUT2D eigenvalue weighted by molar-refractivity contribution is 5.99. The number of ether oxygens (including phenoxy) is 2. The van der Waals surface area contributed by atoms with Gasteiger partial charge in [0, 0.05) is 10.9 Å². The van der Waals surface area contributed by atoms with Crippen LogP contribution in [0.5, 0.6) is 5.75 Å². The average Bonchev–Trinajstić information content (AvgIpc) is 2.96. The number of H-pyrrole nitrogens is 1. The smallest absolute Gasteiger partial charge is 0.328 e. The molecule has 1 unspecified atom stereocenters. The van der Waals surface area contributed by atoms with Crippen molar-refractivity contribution < 1.29 is 24.2 Å². The first-order chi connectivity index (χ1) is 11.0. The quantitative estimate of drug-likeness (QED) is 0.506. The van der Waals surface area contributed by atoms with Gasteiger partial charge in [0.05, 0.1) is 20.3 Å². The number of methoxy groups -OCH3 is 1. The van der Waals surface area contributed by atoms with Crippen molar-refractivity contribution in [3.8, 4) is 5.75 Å². The van der Waals surface area contributed by atoms with Crippen LogP contribution < -0.4 is 10.1 Å². The Balaban J connectivity index is 2.12. The molecule has 2 rings (SSSR count). The van der Waals surface area contributed by atoms with E-state index in [0.717, 1.165) is 10.9 Å². The molecule has 1 aromatic heterocycles. The van der Waals surface area contributed by atoms with Crippen LogP contribution in [0.2, 0.25) is 0 Å². The fourth-order valence-corrected chi connectivity index (χ4v) is 2.04. The number of aliphatic carboxylic acids is 1. The highest BCUT2D eigenvalue weighted by Gasteiger charge is 2.21. The van der Waals surface area contributed by atoms with Gasteiger partial charge >= 0.3 is 5.97 Å². The van der Waals surface area contributed by atoms with Crippen molar-refractivity contribution in [2.24, 2.45) is 0 Å². The van der Waals surface area contributed by atoms with Crippen LogP contribution in [0.25, 0.3) is 10.9 Å². The van der Waals surface area contributed by atoms with Gasteiger partial charge in [-0.05, 0) is 24.3 Å². The molecular formula is C16H18N2O5. The van der Waals surface area contributed by atoms with E-state index in [9.17, 15) is 9.59 Å². The van der Waals surface area contributed by atoms with Crippen molar-refractivity contribution in [1.29, 1.82) is 0 Å². The zero-order valence-electron chi connectivity index (χ0n) is 12.7. The number of amides is 1. The zero-order valence-corrected chi connectivity index (χ0v) is 12.7. The minimum Gasteiger partial charge on any atom is -0.497 e. The topological polar surface area (TPSA) is 101 Å². The fraction of sp³-hybridized carbons (Fsp3) is 0.250. The molecule has 0 aliphatic heterocycles. The van der Waals surface area contributed by atoms with Crippen LogP contribution in [0.4, 0.5) is 0 Å². The molecule has 23 heavy (non-hydrogen) atoms. The van der Waals surface area contributed by atoms with Crippen LogP contribution in [-0.2, 0) is 9.53 Å². The number of carbonyl (C=O) groups is 2. The number of benzene rings is 1. The molecule has 1 amide bonds. The van der Waals surface area contributed by atoms with E-state index in [2.05, 4.69) is 16.9 Å². The van der Waals surface area contributed by atoms with Crippen molar-refractivity contribution in [2.75, 3.05) is 20.3 Å². The second-order valence-corrected chi connectivity index (χ2v) is 4.83. The summed E-state index contributed by atoms with van der Waals surface area (Å²) in [6.45, 7) is 3.55. The maximum absolute atomic E-state index is 12.2. The van der Waals surface area contributed by atoms with Gasteiger partial charge in [0.1, 0.15) is 11.4 Å². The Labute approximate surface area is 132 Å². The Morgan fingerprint density at radius 3 is 2.87 bits per heavy atom. The summed E-state index contributed by atoms with van der Waals surface area (Å²) in [6.07, 6.45) is 1.51. The average molecular weight is 318 g/mol. The number of carbonyl (C=O) groups excluding carboxylic acids is 1. The number of carboxylic acids is 1. The highest BCUT2D eigenvalue weighted by atomic mass is 16.5. The second kappa shape index (κ2) is 7.46. The summed E-state index contributed by atoms with van der Waals surface area (Å²) in [5, 5.41) is 12.3. The lowest BCUT2D eigenvalue weighted by molar-refractivity contribution is -0.140. The third-order valence-corrected chi connectivity index (χ3v) is 3.20. The molecule has 0 saturated carbocycles. The molecule has 0 saturated heterocycles. The van der Waals surface area contributed by atoms with Crippen LogP contribution in [0.15, 0.2) is 36.9 Å². The van der Waals surface area contributed by atoms with Crippen molar-refractivity contribution in [3.63, 3.8) is 0 Å². The Morgan fingerprint density at radius 2 is 2.22 bits per heavy atom. The number of fused-ring (bicyclic) bond motifs is 1. The first-order valence-electron chi connectivity index (χ1n) is 6.94. The van der Waals surface area contributed by atoms with E-state index in [4.69, 9.17) is 14.6 Å². The number of aromatic amines is 1. The van der Waals surface area contributed by atoms with E-state index in [1.54, 1.807) is 31.4 Å². The maximum Gasteiger partial charge on any atom is 0.328 e. The van der Waals surface area contributed by atoms with Gasteiger partial charge in [-0.3, -0.25) is 4.79 Å². The number of rotatable bonds is 8. The van der Waals surface area contributed by atoms with Gasteiger partial charge in [0.2, 0.25) is 0 Å². The number of hydrogen-bond acceptors (Lipinski definition) is 4. The van der Waals surface area contributed by atoms with Gasteiger partial charge in [-0.1, -0.05) is 6.08 Å². The predicted octanol–water partition coefficient (Wildman–Crippen LogP) is 1.56. The number of aromatic nitrogens is 1. The molecular weight excluding hydrogens is 300 g/mol. The standard InChI is InChI=1S/C16H18N2O5/c1-3-6-23-9-14(16(20)21)18-15(19)13-8-10-7-11(22-2)4-5-12(10)17-13/h3-5,7-8,14,17H,1,6,9H2,2H3,(H,18,19)(H,20,21). The summed E-state index contributed by atoms with van der Waals surface area (Å²) in [5.41, 5.74) is 1.02. The van der Waals surface area contributed by atoms with E-state index in [1.165, 1.54) is 6.08 Å². The van der Waals surface area contributed by atoms with Crippen molar-refractivity contribution in [1.82, 2.24) is 10.3 Å². The van der Waals surface area contributed by atoms with Crippen molar-refractivity contribution >= 4 is 22.8 Å². The lowest BCUT2D eigenvalue weighted by atomic mass is 10.2. The van der Waals surface area contributed by atoms with Crippen LogP contribution in [-0.4, -0.2) is 48.3 Å². The van der Waals surface area contributed by atoms with Gasteiger partial charge in [0.25, 0.3) is 5.91 Å². The lowest BCUT2D eigenvalue weighted by Crippen LogP contribution is -2.44. The Hall–Kier alpha value is -2.80. The molecule has 0 bridgehead atoms. The molecule has 0 radical (unpaired) electrons. The summed E-state index contributed by atoms with van der Waals surface area (Å²) in [7, 11) is 1.56. The van der Waals surface area contributed by atoms with E-state index >= 15 is 0 Å². The molecule has 1 atom stereocenters. The van der Waals surface area contributed by atoms with Gasteiger partial charge in [0.15, 0.2) is 6.04 Å². The lowest BCUT2D eigenvalue weighted by Gasteiger charge is -2.13. The SMILES string of the molecule is C=CCOCC(NC(=O)c1cc2cc(OC)ccc2[nH]1)C(=O)O. The van der Waals surface area contributed by atoms with Crippen molar-refractivity contribution in [2.45, 2.75) is 6.04 Å². The molecule has 0 spiro atoms. The number of carboxylic acid groups (broad SMARTS) is 1. The molecule has 0 fully saturated rings. The van der Waals surface area contributed by atoms with Crippen LogP contribution in [0, 0.1) is 0 Å². The third kappa shape index (κ3) is 4.10.